The van der Waals surface area contributed by atoms with Crippen LogP contribution in [0.2, 0.25) is 0 Å². The van der Waals surface area contributed by atoms with Gasteiger partial charge in [0.15, 0.2) is 0 Å². The third-order valence-corrected chi connectivity index (χ3v) is 3.72. The predicted molar refractivity (Wildman–Crippen MR) is 92.1 cm³/mol. The number of carbonyl (C=O) groups excluding carboxylic acids is 1. The van der Waals surface area contributed by atoms with E-state index in [0.717, 1.165) is 0 Å². The van der Waals surface area contributed by atoms with Gasteiger partial charge in [0.25, 0.3) is 11.5 Å². The lowest BCUT2D eigenvalue weighted by Crippen LogP contribution is -2.28. The van der Waals surface area contributed by atoms with Crippen LogP contribution in [0.25, 0.3) is 5.69 Å². The molecule has 2 aromatic carbocycles. The van der Waals surface area contributed by atoms with Crippen LogP contribution in [-0.2, 0) is 6.54 Å². The van der Waals surface area contributed by atoms with Crippen molar-refractivity contribution in [1.29, 1.82) is 0 Å². The summed E-state index contributed by atoms with van der Waals surface area (Å²) in [6.45, 7) is 1.84. The third kappa shape index (κ3) is 3.80. The van der Waals surface area contributed by atoms with Crippen molar-refractivity contribution < 1.29 is 9.18 Å². The number of para-hydroxylation sites is 1. The van der Waals surface area contributed by atoms with Crippen LogP contribution in [0.1, 0.15) is 21.6 Å². The van der Waals surface area contributed by atoms with Crippen molar-refractivity contribution in [3.8, 4) is 5.69 Å². The maximum Gasteiger partial charge on any atom is 0.272 e. The second-order valence-electron chi connectivity index (χ2n) is 5.57. The summed E-state index contributed by atoms with van der Waals surface area (Å²) in [5, 5.41) is 6.78. The summed E-state index contributed by atoms with van der Waals surface area (Å²) >= 11 is 0. The minimum Gasteiger partial charge on any atom is -0.347 e. The molecule has 0 saturated heterocycles. The van der Waals surface area contributed by atoms with E-state index >= 15 is 0 Å². The minimum atomic E-state index is -0.439. The van der Waals surface area contributed by atoms with Crippen molar-refractivity contribution in [3.05, 3.63) is 93.7 Å². The fourth-order valence-corrected chi connectivity index (χ4v) is 2.31. The number of carbonyl (C=O) groups is 1. The molecule has 0 bridgehead atoms. The highest BCUT2D eigenvalue weighted by Gasteiger charge is 2.11. The van der Waals surface area contributed by atoms with Gasteiger partial charge < -0.3 is 5.32 Å². The minimum absolute atomic E-state index is 0.107. The normalized spacial score (nSPS) is 10.5. The summed E-state index contributed by atoms with van der Waals surface area (Å²) in [6.07, 6.45) is 0. The number of halogens is 1. The summed E-state index contributed by atoms with van der Waals surface area (Å²) < 4.78 is 14.7. The molecule has 1 N–H and O–H groups in total. The molecule has 5 nitrogen and oxygen atoms in total. The predicted octanol–water partition coefficient (Wildman–Crippen LogP) is 2.61. The fraction of sp³-hybridized carbons (Fsp3) is 0.105. The molecule has 0 aliphatic rings. The Morgan fingerprint density at radius 3 is 2.60 bits per heavy atom. The molecular weight excluding hydrogens is 321 g/mol. The number of amides is 1. The first-order chi connectivity index (χ1) is 12.0. The topological polar surface area (TPSA) is 64.0 Å². The smallest absolute Gasteiger partial charge is 0.272 e. The quantitative estimate of drug-likeness (QED) is 0.796. The van der Waals surface area contributed by atoms with Crippen LogP contribution in [-0.4, -0.2) is 15.7 Å². The Balaban J connectivity index is 1.78. The molecule has 6 heteroatoms. The first kappa shape index (κ1) is 16.6. The summed E-state index contributed by atoms with van der Waals surface area (Å²) in [4.78, 5) is 24.3. The van der Waals surface area contributed by atoms with E-state index in [1.165, 1.54) is 22.9 Å². The SMILES string of the molecule is Cc1ccc(CNC(=O)c2ccc(=O)n(-c3ccccc3)n2)cc1F. The van der Waals surface area contributed by atoms with Gasteiger partial charge in [-0.25, -0.2) is 4.39 Å². The van der Waals surface area contributed by atoms with Crippen LogP contribution < -0.4 is 10.9 Å². The van der Waals surface area contributed by atoms with Gasteiger partial charge in [-0.3, -0.25) is 9.59 Å². The van der Waals surface area contributed by atoms with Crippen LogP contribution in [0, 0.1) is 12.7 Å². The first-order valence-corrected chi connectivity index (χ1v) is 7.73. The van der Waals surface area contributed by atoms with Crippen LogP contribution >= 0.6 is 0 Å². The molecule has 126 valence electrons. The van der Waals surface area contributed by atoms with E-state index in [1.54, 1.807) is 43.3 Å². The fourth-order valence-electron chi connectivity index (χ4n) is 2.31. The Labute approximate surface area is 143 Å². The molecule has 0 atom stereocenters. The largest absolute Gasteiger partial charge is 0.347 e. The first-order valence-electron chi connectivity index (χ1n) is 7.73. The number of aromatic nitrogens is 2. The van der Waals surface area contributed by atoms with Gasteiger partial charge in [0.05, 0.1) is 5.69 Å². The number of rotatable bonds is 4. The zero-order chi connectivity index (χ0) is 17.8. The Kier molecular flexibility index (Phi) is 4.70. The maximum atomic E-state index is 13.5. The molecule has 0 fully saturated rings. The number of hydrogen-bond acceptors (Lipinski definition) is 3. The standard InChI is InChI=1S/C19H16FN3O2/c1-13-7-8-14(11-16(13)20)12-21-19(25)17-9-10-18(24)23(22-17)15-5-3-2-4-6-15/h2-11H,12H2,1H3,(H,21,25). The molecule has 3 aromatic rings. The molecule has 25 heavy (non-hydrogen) atoms. The van der Waals surface area contributed by atoms with E-state index < -0.39 is 5.91 Å². The number of aryl methyl sites for hydroxylation is 1. The Hall–Kier alpha value is -3.28. The second kappa shape index (κ2) is 7.09. The van der Waals surface area contributed by atoms with E-state index in [1.807, 2.05) is 6.07 Å². The zero-order valence-electron chi connectivity index (χ0n) is 13.6. The molecular formula is C19H16FN3O2. The highest BCUT2D eigenvalue weighted by atomic mass is 19.1. The molecule has 0 aliphatic carbocycles. The molecule has 1 amide bonds. The Morgan fingerprint density at radius 2 is 1.88 bits per heavy atom. The van der Waals surface area contributed by atoms with Crippen molar-refractivity contribution in [2.24, 2.45) is 0 Å². The molecule has 1 aromatic heterocycles. The zero-order valence-corrected chi connectivity index (χ0v) is 13.6. The average Bonchev–Trinajstić information content (AvgIpc) is 2.63. The van der Waals surface area contributed by atoms with Gasteiger partial charge in [0, 0.05) is 12.6 Å². The van der Waals surface area contributed by atoms with Gasteiger partial charge in [-0.05, 0) is 42.3 Å². The van der Waals surface area contributed by atoms with E-state index in [9.17, 15) is 14.0 Å². The lowest BCUT2D eigenvalue weighted by Gasteiger charge is -2.08. The molecule has 1 heterocycles. The van der Waals surface area contributed by atoms with Gasteiger partial charge >= 0.3 is 0 Å². The summed E-state index contributed by atoms with van der Waals surface area (Å²) in [6, 6.07) is 16.3. The van der Waals surface area contributed by atoms with Gasteiger partial charge in [-0.2, -0.15) is 9.78 Å². The molecule has 0 aliphatic heterocycles. The summed E-state index contributed by atoms with van der Waals surface area (Å²) in [5.41, 5.74) is 1.54. The van der Waals surface area contributed by atoms with Crippen LogP contribution in [0.3, 0.4) is 0 Å². The molecule has 0 saturated carbocycles. The van der Waals surface area contributed by atoms with Crippen LogP contribution in [0.4, 0.5) is 4.39 Å². The second-order valence-corrected chi connectivity index (χ2v) is 5.57. The van der Waals surface area contributed by atoms with Crippen LogP contribution in [0.5, 0.6) is 0 Å². The van der Waals surface area contributed by atoms with E-state index in [2.05, 4.69) is 10.4 Å². The Bertz CT molecular complexity index is 968. The summed E-state index contributed by atoms with van der Waals surface area (Å²) in [5.74, 6) is -0.756. The third-order valence-electron chi connectivity index (χ3n) is 3.72. The van der Waals surface area contributed by atoms with E-state index in [0.29, 0.717) is 16.8 Å². The Morgan fingerprint density at radius 1 is 1.12 bits per heavy atom. The molecule has 0 radical (unpaired) electrons. The molecule has 0 spiro atoms. The van der Waals surface area contributed by atoms with Gasteiger partial charge in [-0.15, -0.1) is 0 Å². The summed E-state index contributed by atoms with van der Waals surface area (Å²) in [7, 11) is 0. The van der Waals surface area contributed by atoms with Gasteiger partial charge in [0.2, 0.25) is 0 Å². The molecule has 3 rings (SSSR count). The number of hydrogen-bond donors (Lipinski definition) is 1. The highest BCUT2D eigenvalue weighted by molar-refractivity contribution is 5.92. The number of nitrogens with zero attached hydrogens (tertiary/aromatic N) is 2. The van der Waals surface area contributed by atoms with Crippen molar-refractivity contribution in [2.75, 3.05) is 0 Å². The number of benzene rings is 2. The molecule has 0 unspecified atom stereocenters. The van der Waals surface area contributed by atoms with Crippen molar-refractivity contribution in [1.82, 2.24) is 15.1 Å². The average molecular weight is 337 g/mol. The van der Waals surface area contributed by atoms with Crippen molar-refractivity contribution in [2.45, 2.75) is 13.5 Å². The van der Waals surface area contributed by atoms with E-state index in [-0.39, 0.29) is 23.6 Å². The maximum absolute atomic E-state index is 13.5. The lowest BCUT2D eigenvalue weighted by molar-refractivity contribution is 0.0944. The van der Waals surface area contributed by atoms with Gasteiger partial charge in [-0.1, -0.05) is 30.3 Å². The van der Waals surface area contributed by atoms with Crippen LogP contribution in [0.15, 0.2) is 65.5 Å². The van der Waals surface area contributed by atoms with E-state index in [4.69, 9.17) is 0 Å². The van der Waals surface area contributed by atoms with Gasteiger partial charge in [0.1, 0.15) is 11.5 Å². The highest BCUT2D eigenvalue weighted by Crippen LogP contribution is 2.09. The van der Waals surface area contributed by atoms with Crippen molar-refractivity contribution >= 4 is 5.91 Å². The lowest BCUT2D eigenvalue weighted by atomic mass is 10.1. The number of nitrogens with one attached hydrogen (secondary N) is 1. The van der Waals surface area contributed by atoms with Crippen molar-refractivity contribution in [3.63, 3.8) is 0 Å². The monoisotopic (exact) mass is 337 g/mol.